The highest BCUT2D eigenvalue weighted by molar-refractivity contribution is 5.29. The molecule has 0 heteroatoms. The van der Waals surface area contributed by atoms with E-state index < -0.39 is 0 Å². The molecule has 0 aromatic heterocycles. The van der Waals surface area contributed by atoms with E-state index in [2.05, 4.69) is 83.1 Å². The van der Waals surface area contributed by atoms with E-state index in [-0.39, 0.29) is 0 Å². The molecule has 0 aliphatic rings. The quantitative estimate of drug-likeness (QED) is 0.473. The standard InChI is InChI=1S/C24H34/c1-6-7-8-21-9-11-23(12-10-21)19(4)17-20(5)24-15-13-22(14-16-24)18(2)3/h9-16,18-20H,6-8,17H2,1-5H3/t19-,20?/m0/s1. The van der Waals surface area contributed by atoms with E-state index in [1.54, 1.807) is 0 Å². The first-order valence-corrected chi connectivity index (χ1v) is 9.70. The van der Waals surface area contributed by atoms with Gasteiger partial charge in [-0.2, -0.15) is 0 Å². The molecule has 2 aromatic carbocycles. The molecule has 0 aliphatic carbocycles. The van der Waals surface area contributed by atoms with Crippen LogP contribution in [0, 0.1) is 0 Å². The van der Waals surface area contributed by atoms with Gasteiger partial charge in [-0.15, -0.1) is 0 Å². The third-order valence-corrected chi connectivity index (χ3v) is 5.25. The lowest BCUT2D eigenvalue weighted by Gasteiger charge is -2.19. The van der Waals surface area contributed by atoms with Crippen LogP contribution in [0.4, 0.5) is 0 Å². The Balaban J connectivity index is 1.96. The number of hydrogen-bond donors (Lipinski definition) is 0. The van der Waals surface area contributed by atoms with Gasteiger partial charge in [-0.05, 0) is 59.3 Å². The maximum Gasteiger partial charge on any atom is -0.0185 e. The van der Waals surface area contributed by atoms with Gasteiger partial charge in [0.2, 0.25) is 0 Å². The lowest BCUT2D eigenvalue weighted by Crippen LogP contribution is -2.02. The summed E-state index contributed by atoms with van der Waals surface area (Å²) in [5.74, 6) is 1.81. The second-order valence-electron chi connectivity index (χ2n) is 7.70. The molecular weight excluding hydrogens is 288 g/mol. The van der Waals surface area contributed by atoms with Gasteiger partial charge in [0.1, 0.15) is 0 Å². The maximum atomic E-state index is 2.36. The van der Waals surface area contributed by atoms with E-state index in [0.717, 1.165) is 0 Å². The number of rotatable bonds is 8. The normalized spacial score (nSPS) is 13.9. The van der Waals surface area contributed by atoms with Gasteiger partial charge in [0, 0.05) is 0 Å². The van der Waals surface area contributed by atoms with Crippen LogP contribution in [0.1, 0.15) is 93.9 Å². The average molecular weight is 323 g/mol. The molecule has 0 radical (unpaired) electrons. The smallest absolute Gasteiger partial charge is 0.0185 e. The summed E-state index contributed by atoms with van der Waals surface area (Å²) < 4.78 is 0. The highest BCUT2D eigenvalue weighted by Gasteiger charge is 2.13. The van der Waals surface area contributed by atoms with Gasteiger partial charge in [0.05, 0.1) is 0 Å². The minimum Gasteiger partial charge on any atom is -0.0654 e. The van der Waals surface area contributed by atoms with Crippen LogP contribution in [0.2, 0.25) is 0 Å². The van der Waals surface area contributed by atoms with Crippen LogP contribution in [-0.4, -0.2) is 0 Å². The molecule has 2 aromatic rings. The zero-order chi connectivity index (χ0) is 17.5. The number of unbranched alkanes of at least 4 members (excludes halogenated alkanes) is 1. The SMILES string of the molecule is CCCCc1ccc([C@@H](C)CC(C)c2ccc(C(C)C)cc2)cc1. The summed E-state index contributed by atoms with van der Waals surface area (Å²) in [5.41, 5.74) is 5.85. The van der Waals surface area contributed by atoms with E-state index in [4.69, 9.17) is 0 Å². The molecule has 0 nitrogen and oxygen atoms in total. The van der Waals surface area contributed by atoms with Crippen LogP contribution in [0.5, 0.6) is 0 Å². The highest BCUT2D eigenvalue weighted by Crippen LogP contribution is 2.30. The molecule has 0 N–H and O–H groups in total. The molecule has 0 saturated carbocycles. The second kappa shape index (κ2) is 9.06. The zero-order valence-corrected chi connectivity index (χ0v) is 16.2. The summed E-state index contributed by atoms with van der Waals surface area (Å²) in [7, 11) is 0. The summed E-state index contributed by atoms with van der Waals surface area (Å²) in [6.07, 6.45) is 4.97. The van der Waals surface area contributed by atoms with Gasteiger partial charge >= 0.3 is 0 Å². The molecule has 0 heterocycles. The van der Waals surface area contributed by atoms with E-state index in [1.807, 2.05) is 0 Å². The van der Waals surface area contributed by atoms with Gasteiger partial charge in [-0.3, -0.25) is 0 Å². The Morgan fingerprint density at radius 2 is 1.12 bits per heavy atom. The van der Waals surface area contributed by atoms with Crippen LogP contribution >= 0.6 is 0 Å². The molecule has 130 valence electrons. The fourth-order valence-corrected chi connectivity index (χ4v) is 3.41. The van der Waals surface area contributed by atoms with Gasteiger partial charge in [0.25, 0.3) is 0 Å². The Morgan fingerprint density at radius 3 is 1.58 bits per heavy atom. The monoisotopic (exact) mass is 322 g/mol. The molecule has 2 atom stereocenters. The largest absolute Gasteiger partial charge is 0.0654 e. The first kappa shape index (κ1) is 18.8. The van der Waals surface area contributed by atoms with Crippen LogP contribution in [0.3, 0.4) is 0 Å². The molecule has 24 heavy (non-hydrogen) atoms. The van der Waals surface area contributed by atoms with Gasteiger partial charge in [0.15, 0.2) is 0 Å². The Kier molecular flexibility index (Phi) is 7.09. The molecule has 2 rings (SSSR count). The van der Waals surface area contributed by atoms with Crippen molar-refractivity contribution in [1.29, 1.82) is 0 Å². The highest BCUT2D eigenvalue weighted by atomic mass is 14.2. The summed E-state index contributed by atoms with van der Waals surface area (Å²) in [5, 5.41) is 0. The second-order valence-corrected chi connectivity index (χ2v) is 7.70. The summed E-state index contributed by atoms with van der Waals surface area (Å²) in [6.45, 7) is 11.5. The number of benzene rings is 2. The van der Waals surface area contributed by atoms with Gasteiger partial charge in [-0.1, -0.05) is 89.6 Å². The van der Waals surface area contributed by atoms with E-state index in [9.17, 15) is 0 Å². The van der Waals surface area contributed by atoms with Crippen LogP contribution in [-0.2, 0) is 6.42 Å². The van der Waals surface area contributed by atoms with Crippen molar-refractivity contribution in [2.24, 2.45) is 0 Å². The van der Waals surface area contributed by atoms with Crippen molar-refractivity contribution in [2.45, 2.75) is 78.1 Å². The molecule has 0 aliphatic heterocycles. The maximum absolute atomic E-state index is 2.36. The van der Waals surface area contributed by atoms with Gasteiger partial charge < -0.3 is 0 Å². The predicted octanol–water partition coefficient (Wildman–Crippen LogP) is 7.45. The lowest BCUT2D eigenvalue weighted by molar-refractivity contribution is 0.592. The van der Waals surface area contributed by atoms with Crippen molar-refractivity contribution in [3.63, 3.8) is 0 Å². The van der Waals surface area contributed by atoms with Crippen molar-refractivity contribution >= 4 is 0 Å². The van der Waals surface area contributed by atoms with E-state index >= 15 is 0 Å². The molecule has 0 spiro atoms. The minimum absolute atomic E-state index is 0.598. The first-order chi connectivity index (χ1) is 11.5. The minimum atomic E-state index is 0.598. The third kappa shape index (κ3) is 5.23. The fourth-order valence-electron chi connectivity index (χ4n) is 3.41. The van der Waals surface area contributed by atoms with Crippen LogP contribution in [0.25, 0.3) is 0 Å². The Hall–Kier alpha value is -1.56. The molecule has 0 saturated heterocycles. The zero-order valence-electron chi connectivity index (χ0n) is 16.2. The van der Waals surface area contributed by atoms with Gasteiger partial charge in [-0.25, -0.2) is 0 Å². The Bertz CT molecular complexity index is 589. The molecular formula is C24H34. The van der Waals surface area contributed by atoms with Crippen molar-refractivity contribution < 1.29 is 0 Å². The number of hydrogen-bond acceptors (Lipinski definition) is 0. The first-order valence-electron chi connectivity index (χ1n) is 9.70. The van der Waals surface area contributed by atoms with Crippen LogP contribution in [0.15, 0.2) is 48.5 Å². The average Bonchev–Trinajstić information content (AvgIpc) is 2.60. The molecule has 0 fully saturated rings. The summed E-state index contributed by atoms with van der Waals surface area (Å²) >= 11 is 0. The Labute approximate surface area is 149 Å². The van der Waals surface area contributed by atoms with E-state index in [1.165, 1.54) is 47.9 Å². The van der Waals surface area contributed by atoms with Crippen molar-refractivity contribution in [2.75, 3.05) is 0 Å². The topological polar surface area (TPSA) is 0 Å². The lowest BCUT2D eigenvalue weighted by atomic mass is 9.86. The van der Waals surface area contributed by atoms with Crippen molar-refractivity contribution in [3.05, 3.63) is 70.8 Å². The molecule has 1 unspecified atom stereocenters. The number of aryl methyl sites for hydroxylation is 1. The summed E-state index contributed by atoms with van der Waals surface area (Å²) in [4.78, 5) is 0. The predicted molar refractivity (Wildman–Crippen MR) is 107 cm³/mol. The van der Waals surface area contributed by atoms with E-state index in [0.29, 0.717) is 17.8 Å². The molecule has 0 bridgehead atoms. The fraction of sp³-hybridized carbons (Fsp3) is 0.500. The van der Waals surface area contributed by atoms with Crippen molar-refractivity contribution in [3.8, 4) is 0 Å². The molecule has 0 amide bonds. The summed E-state index contributed by atoms with van der Waals surface area (Å²) in [6, 6.07) is 18.6. The van der Waals surface area contributed by atoms with Crippen molar-refractivity contribution in [1.82, 2.24) is 0 Å². The Morgan fingerprint density at radius 1 is 0.667 bits per heavy atom. The third-order valence-electron chi connectivity index (χ3n) is 5.25. The van der Waals surface area contributed by atoms with Crippen LogP contribution < -0.4 is 0 Å².